The molecule has 96 valence electrons. The molecule has 0 aliphatic rings. The van der Waals surface area contributed by atoms with Crippen LogP contribution in [0, 0.1) is 0 Å². The second-order valence-electron chi connectivity index (χ2n) is 3.48. The van der Waals surface area contributed by atoms with Crippen molar-refractivity contribution in [2.45, 2.75) is 6.54 Å². The molecule has 1 heterocycles. The van der Waals surface area contributed by atoms with Crippen LogP contribution < -0.4 is 0 Å². The van der Waals surface area contributed by atoms with Crippen LogP contribution in [0.2, 0.25) is 0 Å². The van der Waals surface area contributed by atoms with E-state index in [9.17, 15) is 9.59 Å². The van der Waals surface area contributed by atoms with Gasteiger partial charge in [0, 0.05) is 13.1 Å². The molecule has 0 unspecified atom stereocenters. The molecular formula is C11H14N4O3. The van der Waals surface area contributed by atoms with E-state index in [1.54, 1.807) is 12.2 Å². The normalized spacial score (nSPS) is 9.78. The van der Waals surface area contributed by atoms with Crippen LogP contribution in [0.15, 0.2) is 31.5 Å². The van der Waals surface area contributed by atoms with Gasteiger partial charge in [-0.15, -0.1) is 18.3 Å². The average Bonchev–Trinajstić information content (AvgIpc) is 2.77. The van der Waals surface area contributed by atoms with E-state index in [2.05, 4.69) is 23.5 Å². The number of amides is 1. The SMILES string of the molecule is C=CCN(CC=C)C(=O)Cn1cc(C(=O)O)nn1. The van der Waals surface area contributed by atoms with Gasteiger partial charge in [0.1, 0.15) is 6.54 Å². The maximum absolute atomic E-state index is 11.9. The third-order valence-corrected chi connectivity index (χ3v) is 2.11. The number of carbonyl (C=O) groups excluding carboxylic acids is 1. The van der Waals surface area contributed by atoms with E-state index in [1.807, 2.05) is 0 Å². The van der Waals surface area contributed by atoms with Crippen LogP contribution in [0.1, 0.15) is 10.5 Å². The predicted molar refractivity (Wildman–Crippen MR) is 64.0 cm³/mol. The molecule has 1 rings (SSSR count). The average molecular weight is 250 g/mol. The largest absolute Gasteiger partial charge is 0.476 e. The number of carboxylic acids is 1. The van der Waals surface area contributed by atoms with Gasteiger partial charge in [-0.05, 0) is 0 Å². The monoisotopic (exact) mass is 250 g/mol. The Bertz CT molecular complexity index is 457. The number of carboxylic acid groups (broad SMARTS) is 1. The van der Waals surface area contributed by atoms with Crippen molar-refractivity contribution in [1.82, 2.24) is 19.9 Å². The van der Waals surface area contributed by atoms with Crippen LogP contribution in [0.5, 0.6) is 0 Å². The van der Waals surface area contributed by atoms with Crippen molar-refractivity contribution in [3.05, 3.63) is 37.2 Å². The molecule has 0 bridgehead atoms. The molecule has 0 saturated heterocycles. The second-order valence-corrected chi connectivity index (χ2v) is 3.48. The fourth-order valence-corrected chi connectivity index (χ4v) is 1.30. The van der Waals surface area contributed by atoms with E-state index in [-0.39, 0.29) is 18.1 Å². The van der Waals surface area contributed by atoms with Crippen LogP contribution in [-0.2, 0) is 11.3 Å². The van der Waals surface area contributed by atoms with Gasteiger partial charge in [-0.25, -0.2) is 9.48 Å². The molecule has 0 aliphatic heterocycles. The molecular weight excluding hydrogens is 236 g/mol. The summed E-state index contributed by atoms with van der Waals surface area (Å²) in [6.45, 7) is 7.84. The summed E-state index contributed by atoms with van der Waals surface area (Å²) in [5, 5.41) is 15.7. The Kier molecular flexibility index (Phi) is 4.79. The van der Waals surface area contributed by atoms with Crippen molar-refractivity contribution in [1.29, 1.82) is 0 Å². The van der Waals surface area contributed by atoms with Gasteiger partial charge in [0.25, 0.3) is 0 Å². The Morgan fingerprint density at radius 3 is 2.44 bits per heavy atom. The first-order valence-electron chi connectivity index (χ1n) is 5.21. The zero-order valence-electron chi connectivity index (χ0n) is 9.82. The minimum atomic E-state index is -1.18. The molecule has 1 amide bonds. The summed E-state index contributed by atoms with van der Waals surface area (Å²) in [5.74, 6) is -1.39. The third-order valence-electron chi connectivity index (χ3n) is 2.11. The summed E-state index contributed by atoms with van der Waals surface area (Å²) in [5.41, 5.74) is -0.193. The highest BCUT2D eigenvalue weighted by atomic mass is 16.4. The number of hydrogen-bond donors (Lipinski definition) is 1. The van der Waals surface area contributed by atoms with E-state index in [4.69, 9.17) is 5.11 Å². The number of aromatic nitrogens is 3. The van der Waals surface area contributed by atoms with Crippen molar-refractivity contribution in [3.63, 3.8) is 0 Å². The van der Waals surface area contributed by atoms with E-state index in [1.165, 1.54) is 15.8 Å². The second kappa shape index (κ2) is 6.33. The molecule has 0 spiro atoms. The van der Waals surface area contributed by atoms with Gasteiger partial charge in [-0.3, -0.25) is 4.79 Å². The number of nitrogens with zero attached hydrogens (tertiary/aromatic N) is 4. The minimum absolute atomic E-state index is 0.0675. The van der Waals surface area contributed by atoms with Gasteiger partial charge in [0.15, 0.2) is 5.69 Å². The molecule has 1 N–H and O–H groups in total. The fourth-order valence-electron chi connectivity index (χ4n) is 1.30. The lowest BCUT2D eigenvalue weighted by atomic mass is 10.4. The smallest absolute Gasteiger partial charge is 0.358 e. The Balaban J connectivity index is 2.68. The van der Waals surface area contributed by atoms with Gasteiger partial charge in [-0.2, -0.15) is 0 Å². The third kappa shape index (κ3) is 3.55. The molecule has 0 atom stereocenters. The topological polar surface area (TPSA) is 88.3 Å². The Labute approximate surface area is 104 Å². The van der Waals surface area contributed by atoms with E-state index in [0.717, 1.165) is 0 Å². The molecule has 1 aromatic heterocycles. The van der Waals surface area contributed by atoms with Crippen LogP contribution in [-0.4, -0.2) is 50.0 Å². The summed E-state index contributed by atoms with van der Waals surface area (Å²) >= 11 is 0. The van der Waals surface area contributed by atoms with Gasteiger partial charge in [0.2, 0.25) is 5.91 Å². The van der Waals surface area contributed by atoms with Crippen molar-refractivity contribution in [2.75, 3.05) is 13.1 Å². The zero-order chi connectivity index (χ0) is 13.5. The van der Waals surface area contributed by atoms with Gasteiger partial charge < -0.3 is 10.0 Å². The van der Waals surface area contributed by atoms with Gasteiger partial charge in [-0.1, -0.05) is 17.4 Å². The Hall–Kier alpha value is -2.44. The number of aromatic carboxylic acids is 1. The highest BCUT2D eigenvalue weighted by molar-refractivity contribution is 5.84. The van der Waals surface area contributed by atoms with E-state index < -0.39 is 5.97 Å². The van der Waals surface area contributed by atoms with Crippen LogP contribution in [0.4, 0.5) is 0 Å². The van der Waals surface area contributed by atoms with Crippen molar-refractivity contribution in [2.24, 2.45) is 0 Å². The zero-order valence-corrected chi connectivity index (χ0v) is 9.82. The van der Waals surface area contributed by atoms with Crippen LogP contribution in [0.3, 0.4) is 0 Å². The summed E-state index contributed by atoms with van der Waals surface area (Å²) in [6.07, 6.45) is 4.41. The number of rotatable bonds is 7. The first kappa shape index (κ1) is 13.6. The highest BCUT2D eigenvalue weighted by Crippen LogP contribution is 1.97. The first-order valence-corrected chi connectivity index (χ1v) is 5.21. The van der Waals surface area contributed by atoms with Crippen LogP contribution in [0.25, 0.3) is 0 Å². The van der Waals surface area contributed by atoms with Gasteiger partial charge in [0.05, 0.1) is 6.20 Å². The molecule has 1 aromatic rings. The van der Waals surface area contributed by atoms with Crippen molar-refractivity contribution in [3.8, 4) is 0 Å². The lowest BCUT2D eigenvalue weighted by Gasteiger charge is -2.18. The summed E-state index contributed by atoms with van der Waals surface area (Å²) in [7, 11) is 0. The Morgan fingerprint density at radius 1 is 1.39 bits per heavy atom. The lowest BCUT2D eigenvalue weighted by molar-refractivity contribution is -0.131. The van der Waals surface area contributed by atoms with E-state index >= 15 is 0 Å². The van der Waals surface area contributed by atoms with Crippen LogP contribution >= 0.6 is 0 Å². The quantitative estimate of drug-likeness (QED) is 0.697. The molecule has 0 fully saturated rings. The summed E-state index contributed by atoms with van der Waals surface area (Å²) in [6, 6.07) is 0. The number of hydrogen-bond acceptors (Lipinski definition) is 4. The fraction of sp³-hybridized carbons (Fsp3) is 0.273. The lowest BCUT2D eigenvalue weighted by Crippen LogP contribution is -2.34. The molecule has 0 aliphatic carbocycles. The minimum Gasteiger partial charge on any atom is -0.476 e. The molecule has 0 radical (unpaired) electrons. The van der Waals surface area contributed by atoms with Crippen molar-refractivity contribution >= 4 is 11.9 Å². The predicted octanol–water partition coefficient (Wildman–Crippen LogP) is 0.177. The summed E-state index contributed by atoms with van der Waals surface area (Å²) < 4.78 is 1.19. The maximum Gasteiger partial charge on any atom is 0.358 e. The summed E-state index contributed by atoms with van der Waals surface area (Å²) in [4.78, 5) is 24.0. The maximum atomic E-state index is 11.9. The highest BCUT2D eigenvalue weighted by Gasteiger charge is 2.14. The van der Waals surface area contributed by atoms with Gasteiger partial charge >= 0.3 is 5.97 Å². The standard InChI is InChI=1S/C11H14N4O3/c1-3-5-14(6-4-2)10(16)8-15-7-9(11(17)18)12-13-15/h3-4,7H,1-2,5-6,8H2,(H,17,18). The number of carbonyl (C=O) groups is 2. The molecule has 7 heteroatoms. The van der Waals surface area contributed by atoms with E-state index in [0.29, 0.717) is 13.1 Å². The molecule has 0 aromatic carbocycles. The molecule has 7 nitrogen and oxygen atoms in total. The molecule has 18 heavy (non-hydrogen) atoms. The van der Waals surface area contributed by atoms with Crippen molar-refractivity contribution < 1.29 is 14.7 Å². The molecule has 0 saturated carbocycles. The first-order chi connectivity index (χ1) is 8.58. The Morgan fingerprint density at radius 2 is 2.00 bits per heavy atom.